The zero-order valence-electron chi connectivity index (χ0n) is 14.5. The number of amides is 2. The lowest BCUT2D eigenvalue weighted by molar-refractivity contribution is -0.122. The summed E-state index contributed by atoms with van der Waals surface area (Å²) < 4.78 is 5.05. The molecule has 2 amide bonds. The Labute approximate surface area is 156 Å². The van der Waals surface area contributed by atoms with Crippen molar-refractivity contribution in [3.05, 3.63) is 48.0 Å². The molecule has 2 aromatic rings. The van der Waals surface area contributed by atoms with Gasteiger partial charge in [-0.15, -0.1) is 11.8 Å². The van der Waals surface area contributed by atoms with Gasteiger partial charge in [0.2, 0.25) is 11.8 Å². The number of aromatic nitrogens is 2. The summed E-state index contributed by atoms with van der Waals surface area (Å²) in [5.41, 5.74) is 1.59. The Balaban J connectivity index is 1.53. The van der Waals surface area contributed by atoms with Gasteiger partial charge in [0.25, 0.3) is 0 Å². The Kier molecular flexibility index (Phi) is 6.19. The molecule has 2 heterocycles. The van der Waals surface area contributed by atoms with Gasteiger partial charge in [-0.3, -0.25) is 9.59 Å². The second kappa shape index (κ2) is 8.77. The third kappa shape index (κ3) is 4.59. The number of methoxy groups -OCH3 is 1. The van der Waals surface area contributed by atoms with Crippen molar-refractivity contribution in [1.29, 1.82) is 0 Å². The number of carbonyl (C=O) groups excluding carboxylic acids is 2. The van der Waals surface area contributed by atoms with Crippen LogP contribution in [0.15, 0.2) is 41.4 Å². The summed E-state index contributed by atoms with van der Waals surface area (Å²) in [6, 6.07) is 9.41. The predicted molar refractivity (Wildman–Crippen MR) is 99.0 cm³/mol. The molecule has 8 heteroatoms. The Bertz CT molecular complexity index is 800. The predicted octanol–water partition coefficient (Wildman–Crippen LogP) is 1.42. The monoisotopic (exact) mass is 372 g/mol. The molecule has 26 heavy (non-hydrogen) atoms. The zero-order valence-corrected chi connectivity index (χ0v) is 15.3. The van der Waals surface area contributed by atoms with E-state index in [1.807, 2.05) is 24.3 Å². The number of hydrogen-bond acceptors (Lipinski definition) is 6. The van der Waals surface area contributed by atoms with Crippen molar-refractivity contribution in [2.75, 3.05) is 30.9 Å². The van der Waals surface area contributed by atoms with E-state index in [0.717, 1.165) is 16.3 Å². The van der Waals surface area contributed by atoms with Crippen LogP contribution < -0.4 is 10.2 Å². The maximum atomic E-state index is 12.3. The minimum atomic E-state index is -0.201. The van der Waals surface area contributed by atoms with Crippen LogP contribution in [0.5, 0.6) is 0 Å². The summed E-state index contributed by atoms with van der Waals surface area (Å²) in [6.07, 6.45) is 2.20. The molecule has 1 N–H and O–H groups in total. The van der Waals surface area contributed by atoms with E-state index in [2.05, 4.69) is 15.3 Å². The van der Waals surface area contributed by atoms with Crippen LogP contribution in [0.2, 0.25) is 0 Å². The molecule has 1 aromatic carbocycles. The van der Waals surface area contributed by atoms with Crippen molar-refractivity contribution in [3.63, 3.8) is 0 Å². The molecule has 0 spiro atoms. The lowest BCUT2D eigenvalue weighted by atomic mass is 10.2. The van der Waals surface area contributed by atoms with Crippen molar-refractivity contribution in [3.8, 4) is 0 Å². The number of carbonyl (C=O) groups is 2. The first-order valence-electron chi connectivity index (χ1n) is 8.26. The SMILES string of the molecule is COCc1ccnc(CCNC(=O)CN2C(=O)CSc3ccccc32)n1. The van der Waals surface area contributed by atoms with E-state index in [0.29, 0.717) is 31.1 Å². The minimum absolute atomic E-state index is 0.0149. The van der Waals surface area contributed by atoms with Crippen LogP contribution in [0, 0.1) is 0 Å². The normalized spacial score (nSPS) is 13.4. The van der Waals surface area contributed by atoms with Crippen LogP contribution in [0.3, 0.4) is 0 Å². The average Bonchev–Trinajstić information content (AvgIpc) is 2.65. The summed E-state index contributed by atoms with van der Waals surface area (Å²) >= 11 is 1.50. The molecule has 136 valence electrons. The Hall–Kier alpha value is -2.45. The van der Waals surface area contributed by atoms with E-state index in [1.54, 1.807) is 19.4 Å². The highest BCUT2D eigenvalue weighted by Gasteiger charge is 2.25. The van der Waals surface area contributed by atoms with E-state index < -0.39 is 0 Å². The van der Waals surface area contributed by atoms with Crippen LogP contribution >= 0.6 is 11.8 Å². The van der Waals surface area contributed by atoms with Crippen molar-refractivity contribution in [2.45, 2.75) is 17.9 Å². The Morgan fingerprint density at radius 3 is 3.04 bits per heavy atom. The highest BCUT2D eigenvalue weighted by Crippen LogP contribution is 2.34. The van der Waals surface area contributed by atoms with Crippen LogP contribution in [0.1, 0.15) is 11.5 Å². The molecule has 3 rings (SSSR count). The molecule has 1 aliphatic heterocycles. The molecular weight excluding hydrogens is 352 g/mol. The average molecular weight is 372 g/mol. The van der Waals surface area contributed by atoms with Gasteiger partial charge in [-0.1, -0.05) is 12.1 Å². The molecule has 0 fully saturated rings. The van der Waals surface area contributed by atoms with Crippen molar-refractivity contribution >= 4 is 29.3 Å². The maximum Gasteiger partial charge on any atom is 0.240 e. The van der Waals surface area contributed by atoms with Gasteiger partial charge in [0.15, 0.2) is 0 Å². The number of thioether (sulfide) groups is 1. The molecule has 0 aliphatic carbocycles. The molecule has 1 aromatic heterocycles. The number of nitrogens with zero attached hydrogens (tertiary/aromatic N) is 3. The highest BCUT2D eigenvalue weighted by molar-refractivity contribution is 8.00. The van der Waals surface area contributed by atoms with Crippen molar-refractivity contribution in [1.82, 2.24) is 15.3 Å². The summed E-state index contributed by atoms with van der Waals surface area (Å²) in [5.74, 6) is 0.743. The first kappa shape index (κ1) is 18.3. The topological polar surface area (TPSA) is 84.4 Å². The molecule has 0 atom stereocenters. The molecule has 0 saturated carbocycles. The first-order chi connectivity index (χ1) is 12.7. The van der Waals surface area contributed by atoms with Gasteiger partial charge in [0, 0.05) is 31.2 Å². The molecule has 0 saturated heterocycles. The van der Waals surface area contributed by atoms with Crippen LogP contribution in [-0.4, -0.2) is 47.7 Å². The maximum absolute atomic E-state index is 12.3. The van der Waals surface area contributed by atoms with E-state index in [4.69, 9.17) is 4.74 Å². The van der Waals surface area contributed by atoms with Crippen LogP contribution in [0.4, 0.5) is 5.69 Å². The van der Waals surface area contributed by atoms with Gasteiger partial charge in [0.05, 0.1) is 23.7 Å². The molecule has 1 aliphatic rings. The number of para-hydroxylation sites is 1. The fourth-order valence-corrected chi connectivity index (χ4v) is 3.57. The minimum Gasteiger partial charge on any atom is -0.378 e. The number of fused-ring (bicyclic) bond motifs is 1. The Morgan fingerprint density at radius 1 is 1.35 bits per heavy atom. The van der Waals surface area contributed by atoms with E-state index in [1.165, 1.54) is 16.7 Å². The third-order valence-corrected chi connectivity index (χ3v) is 4.88. The quantitative estimate of drug-likeness (QED) is 0.791. The van der Waals surface area contributed by atoms with Gasteiger partial charge in [-0.05, 0) is 18.2 Å². The number of benzene rings is 1. The number of rotatable bonds is 7. The van der Waals surface area contributed by atoms with Gasteiger partial charge < -0.3 is 15.0 Å². The molecule has 0 unspecified atom stereocenters. The first-order valence-corrected chi connectivity index (χ1v) is 9.24. The number of anilines is 1. The number of ether oxygens (including phenoxy) is 1. The molecule has 0 radical (unpaired) electrons. The van der Waals surface area contributed by atoms with Crippen molar-refractivity contribution < 1.29 is 14.3 Å². The van der Waals surface area contributed by atoms with Gasteiger partial charge >= 0.3 is 0 Å². The summed E-state index contributed by atoms with van der Waals surface area (Å²) in [4.78, 5) is 35.5. The highest BCUT2D eigenvalue weighted by atomic mass is 32.2. The second-order valence-electron chi connectivity index (χ2n) is 5.73. The molecule has 7 nitrogen and oxygen atoms in total. The van der Waals surface area contributed by atoms with Gasteiger partial charge in [-0.25, -0.2) is 9.97 Å². The van der Waals surface area contributed by atoms with Crippen LogP contribution in [-0.2, 0) is 27.4 Å². The largest absolute Gasteiger partial charge is 0.378 e. The smallest absolute Gasteiger partial charge is 0.240 e. The Morgan fingerprint density at radius 2 is 2.19 bits per heavy atom. The summed E-state index contributed by atoms with van der Waals surface area (Å²) in [5, 5.41) is 2.83. The second-order valence-corrected chi connectivity index (χ2v) is 6.75. The zero-order chi connectivity index (χ0) is 18.4. The number of nitrogens with one attached hydrogen (secondary N) is 1. The summed E-state index contributed by atoms with van der Waals surface area (Å²) in [7, 11) is 1.61. The lowest BCUT2D eigenvalue weighted by Gasteiger charge is -2.28. The van der Waals surface area contributed by atoms with E-state index >= 15 is 0 Å². The lowest BCUT2D eigenvalue weighted by Crippen LogP contribution is -2.43. The standard InChI is InChI=1S/C18H20N4O3S/c1-25-11-13-6-8-19-16(21-13)7-9-20-17(23)10-22-14-4-2-3-5-15(14)26-12-18(22)24/h2-6,8H,7,9-12H2,1H3,(H,20,23). The van der Waals surface area contributed by atoms with Crippen LogP contribution in [0.25, 0.3) is 0 Å². The fraction of sp³-hybridized carbons (Fsp3) is 0.333. The molecule has 0 bridgehead atoms. The van der Waals surface area contributed by atoms with Gasteiger partial charge in [-0.2, -0.15) is 0 Å². The summed E-state index contributed by atoms with van der Waals surface area (Å²) in [6.45, 7) is 0.852. The van der Waals surface area contributed by atoms with Crippen molar-refractivity contribution in [2.24, 2.45) is 0 Å². The van der Waals surface area contributed by atoms with Gasteiger partial charge in [0.1, 0.15) is 12.4 Å². The number of hydrogen-bond donors (Lipinski definition) is 1. The van der Waals surface area contributed by atoms with E-state index in [9.17, 15) is 9.59 Å². The van der Waals surface area contributed by atoms with E-state index in [-0.39, 0.29) is 18.4 Å². The molecular formula is C18H20N4O3S. The fourth-order valence-electron chi connectivity index (χ4n) is 2.63. The third-order valence-electron chi connectivity index (χ3n) is 3.84.